The Morgan fingerprint density at radius 2 is 2.06 bits per heavy atom. The number of Topliss-reactive ketones (excluding diaryl/α,β-unsaturated/α-hetero) is 1. The van der Waals surface area contributed by atoms with Crippen molar-refractivity contribution in [1.82, 2.24) is 5.32 Å². The fraction of sp³-hybridized carbons (Fsp3) is 0.533. The van der Waals surface area contributed by atoms with Gasteiger partial charge in [0.1, 0.15) is 0 Å². The van der Waals surface area contributed by atoms with Crippen LogP contribution < -0.4 is 5.32 Å². The summed E-state index contributed by atoms with van der Waals surface area (Å²) in [6.45, 7) is 3.93. The fourth-order valence-electron chi connectivity index (χ4n) is 2.39. The van der Waals surface area contributed by atoms with Crippen LogP contribution in [-0.2, 0) is 12.8 Å². The lowest BCUT2D eigenvalue weighted by Crippen LogP contribution is -2.19. The molecule has 0 radical (unpaired) electrons. The number of rotatable bonds is 6. The van der Waals surface area contributed by atoms with E-state index < -0.39 is 0 Å². The molecule has 0 saturated carbocycles. The van der Waals surface area contributed by atoms with Crippen LogP contribution in [0.3, 0.4) is 0 Å². The lowest BCUT2D eigenvalue weighted by molar-refractivity contribution is 0.0982. The first kappa shape index (κ1) is 12.3. The van der Waals surface area contributed by atoms with Gasteiger partial charge in [-0.2, -0.15) is 0 Å². The minimum Gasteiger partial charge on any atom is -0.316 e. The highest BCUT2D eigenvalue weighted by Gasteiger charge is 2.13. The Hall–Kier alpha value is -1.15. The van der Waals surface area contributed by atoms with E-state index in [4.69, 9.17) is 0 Å². The third-order valence-electron chi connectivity index (χ3n) is 3.38. The SMILES string of the molecule is CCCNCCC(=O)c1ccc2c(c1)CCC2. The highest BCUT2D eigenvalue weighted by atomic mass is 16.1. The number of carbonyl (C=O) groups is 1. The van der Waals surface area contributed by atoms with Crippen LogP contribution in [0.15, 0.2) is 18.2 Å². The van der Waals surface area contributed by atoms with E-state index in [2.05, 4.69) is 24.4 Å². The molecular formula is C15H21NO. The predicted octanol–water partition coefficient (Wildman–Crippen LogP) is 2.75. The molecule has 92 valence electrons. The molecule has 0 unspecified atom stereocenters. The van der Waals surface area contributed by atoms with E-state index in [1.165, 1.54) is 24.0 Å². The van der Waals surface area contributed by atoms with Crippen LogP contribution >= 0.6 is 0 Å². The summed E-state index contributed by atoms with van der Waals surface area (Å²) in [6, 6.07) is 6.23. The van der Waals surface area contributed by atoms with E-state index in [9.17, 15) is 4.79 Å². The van der Waals surface area contributed by atoms with Crippen LogP contribution in [0.5, 0.6) is 0 Å². The minimum atomic E-state index is 0.267. The smallest absolute Gasteiger partial charge is 0.164 e. The standard InChI is InChI=1S/C15H21NO/c1-2-9-16-10-8-15(17)14-7-6-12-4-3-5-13(12)11-14/h6-7,11,16H,2-5,8-10H2,1H3. The number of aryl methyl sites for hydroxylation is 2. The lowest BCUT2D eigenvalue weighted by atomic mass is 10.0. The number of fused-ring (bicyclic) bond motifs is 1. The summed E-state index contributed by atoms with van der Waals surface area (Å²) < 4.78 is 0. The second kappa shape index (κ2) is 5.97. The first-order valence-corrected chi connectivity index (χ1v) is 6.67. The Morgan fingerprint density at radius 1 is 1.24 bits per heavy atom. The number of benzene rings is 1. The van der Waals surface area contributed by atoms with Gasteiger partial charge in [-0.05, 0) is 49.4 Å². The molecule has 1 aromatic rings. The molecule has 0 fully saturated rings. The van der Waals surface area contributed by atoms with Gasteiger partial charge in [-0.3, -0.25) is 4.79 Å². The van der Waals surface area contributed by atoms with E-state index in [1.807, 2.05) is 6.07 Å². The second-order valence-electron chi connectivity index (χ2n) is 4.76. The van der Waals surface area contributed by atoms with Crippen molar-refractivity contribution in [3.8, 4) is 0 Å². The van der Waals surface area contributed by atoms with Gasteiger partial charge >= 0.3 is 0 Å². The highest BCUT2D eigenvalue weighted by Crippen LogP contribution is 2.23. The summed E-state index contributed by atoms with van der Waals surface area (Å²) in [6.07, 6.45) is 5.29. The molecule has 1 aromatic carbocycles. The van der Waals surface area contributed by atoms with Gasteiger partial charge in [0.25, 0.3) is 0 Å². The van der Waals surface area contributed by atoms with E-state index >= 15 is 0 Å². The molecule has 1 aliphatic rings. The molecular weight excluding hydrogens is 210 g/mol. The molecule has 1 aliphatic carbocycles. The largest absolute Gasteiger partial charge is 0.316 e. The summed E-state index contributed by atoms with van der Waals surface area (Å²) in [5.74, 6) is 0.267. The zero-order valence-corrected chi connectivity index (χ0v) is 10.6. The van der Waals surface area contributed by atoms with Crippen molar-refractivity contribution in [1.29, 1.82) is 0 Å². The summed E-state index contributed by atoms with van der Waals surface area (Å²) in [5, 5.41) is 3.27. The fourth-order valence-corrected chi connectivity index (χ4v) is 2.39. The highest BCUT2D eigenvalue weighted by molar-refractivity contribution is 5.96. The normalized spacial score (nSPS) is 13.7. The molecule has 0 heterocycles. The lowest BCUT2D eigenvalue weighted by Gasteiger charge is -2.05. The van der Waals surface area contributed by atoms with Gasteiger partial charge in [-0.15, -0.1) is 0 Å². The molecule has 1 N–H and O–H groups in total. The molecule has 0 amide bonds. The number of hydrogen-bond acceptors (Lipinski definition) is 2. The maximum atomic E-state index is 12.0. The van der Waals surface area contributed by atoms with Crippen molar-refractivity contribution in [3.63, 3.8) is 0 Å². The van der Waals surface area contributed by atoms with E-state index in [0.717, 1.165) is 31.5 Å². The third kappa shape index (κ3) is 3.16. The van der Waals surface area contributed by atoms with E-state index in [1.54, 1.807) is 0 Å². The van der Waals surface area contributed by atoms with Crippen LogP contribution in [0.4, 0.5) is 0 Å². The Kier molecular flexibility index (Phi) is 4.32. The summed E-state index contributed by atoms with van der Waals surface area (Å²) in [7, 11) is 0. The minimum absolute atomic E-state index is 0.267. The first-order chi connectivity index (χ1) is 8.31. The zero-order chi connectivity index (χ0) is 12.1. The molecule has 17 heavy (non-hydrogen) atoms. The molecule has 0 atom stereocenters. The summed E-state index contributed by atoms with van der Waals surface area (Å²) in [5.41, 5.74) is 3.71. The van der Waals surface area contributed by atoms with Crippen molar-refractivity contribution in [2.75, 3.05) is 13.1 Å². The predicted molar refractivity (Wildman–Crippen MR) is 70.6 cm³/mol. The molecule has 0 aliphatic heterocycles. The van der Waals surface area contributed by atoms with Gasteiger partial charge < -0.3 is 5.32 Å². The maximum absolute atomic E-state index is 12.0. The molecule has 2 heteroatoms. The average Bonchev–Trinajstić information content (AvgIpc) is 2.81. The molecule has 2 nitrogen and oxygen atoms in total. The van der Waals surface area contributed by atoms with E-state index in [0.29, 0.717) is 6.42 Å². The van der Waals surface area contributed by atoms with Gasteiger partial charge in [-0.25, -0.2) is 0 Å². The molecule has 2 rings (SSSR count). The van der Waals surface area contributed by atoms with Crippen molar-refractivity contribution in [2.45, 2.75) is 39.0 Å². The molecule has 0 spiro atoms. The number of hydrogen-bond donors (Lipinski definition) is 1. The average molecular weight is 231 g/mol. The molecule has 0 saturated heterocycles. The van der Waals surface area contributed by atoms with E-state index in [-0.39, 0.29) is 5.78 Å². The number of nitrogens with one attached hydrogen (secondary N) is 1. The monoisotopic (exact) mass is 231 g/mol. The second-order valence-corrected chi connectivity index (χ2v) is 4.76. The van der Waals surface area contributed by atoms with Crippen molar-refractivity contribution < 1.29 is 4.79 Å². The first-order valence-electron chi connectivity index (χ1n) is 6.67. The van der Waals surface area contributed by atoms with Gasteiger partial charge in [0.2, 0.25) is 0 Å². The summed E-state index contributed by atoms with van der Waals surface area (Å²) in [4.78, 5) is 12.0. The Bertz CT molecular complexity index is 398. The van der Waals surface area contributed by atoms with Crippen molar-refractivity contribution in [2.24, 2.45) is 0 Å². The van der Waals surface area contributed by atoms with Gasteiger partial charge in [0.05, 0.1) is 0 Å². The Morgan fingerprint density at radius 3 is 2.88 bits per heavy atom. The Balaban J connectivity index is 1.91. The van der Waals surface area contributed by atoms with Crippen LogP contribution in [0, 0.1) is 0 Å². The van der Waals surface area contributed by atoms with Crippen LogP contribution in [-0.4, -0.2) is 18.9 Å². The van der Waals surface area contributed by atoms with Gasteiger partial charge in [0.15, 0.2) is 5.78 Å². The zero-order valence-electron chi connectivity index (χ0n) is 10.6. The van der Waals surface area contributed by atoms with Crippen LogP contribution in [0.2, 0.25) is 0 Å². The quantitative estimate of drug-likeness (QED) is 0.602. The van der Waals surface area contributed by atoms with Crippen LogP contribution in [0.25, 0.3) is 0 Å². The number of carbonyl (C=O) groups excluding carboxylic acids is 1. The molecule has 0 aromatic heterocycles. The third-order valence-corrected chi connectivity index (χ3v) is 3.38. The van der Waals surface area contributed by atoms with Gasteiger partial charge in [-0.1, -0.05) is 19.1 Å². The van der Waals surface area contributed by atoms with Crippen molar-refractivity contribution >= 4 is 5.78 Å². The Labute approximate surface area is 103 Å². The van der Waals surface area contributed by atoms with Gasteiger partial charge in [0, 0.05) is 18.5 Å². The van der Waals surface area contributed by atoms with Crippen LogP contribution in [0.1, 0.15) is 47.7 Å². The summed E-state index contributed by atoms with van der Waals surface area (Å²) >= 11 is 0. The topological polar surface area (TPSA) is 29.1 Å². The maximum Gasteiger partial charge on any atom is 0.164 e. The van der Waals surface area contributed by atoms with Crippen molar-refractivity contribution in [3.05, 3.63) is 34.9 Å². The molecule has 0 bridgehead atoms. The number of ketones is 1.